The normalized spacial score (nSPS) is 11.8. The van der Waals surface area contributed by atoms with Crippen molar-refractivity contribution in [3.8, 4) is 11.3 Å². The van der Waals surface area contributed by atoms with Crippen molar-refractivity contribution in [2.24, 2.45) is 0 Å². The molecule has 9 heteroatoms. The molecule has 0 aliphatic carbocycles. The van der Waals surface area contributed by atoms with Gasteiger partial charge in [0.05, 0.1) is 16.3 Å². The maximum absolute atomic E-state index is 12.2. The SMILES string of the molecule is Cc1nc(-c2c(N)nsc2NCC(F)(F)F)cs1. The molecule has 4 nitrogen and oxygen atoms in total. The van der Waals surface area contributed by atoms with E-state index in [-0.39, 0.29) is 10.8 Å². The molecule has 0 fully saturated rings. The van der Waals surface area contributed by atoms with Gasteiger partial charge in [-0.2, -0.15) is 17.5 Å². The smallest absolute Gasteiger partial charge is 0.382 e. The number of hydrogen-bond acceptors (Lipinski definition) is 6. The van der Waals surface area contributed by atoms with Gasteiger partial charge in [-0.1, -0.05) is 0 Å². The molecule has 0 saturated carbocycles. The molecule has 3 N–H and O–H groups in total. The monoisotopic (exact) mass is 294 g/mol. The Labute approximate surface area is 109 Å². The van der Waals surface area contributed by atoms with Gasteiger partial charge in [0.2, 0.25) is 0 Å². The number of nitrogens with two attached hydrogens (primary N) is 1. The van der Waals surface area contributed by atoms with Crippen LogP contribution in [0.5, 0.6) is 0 Å². The number of anilines is 2. The third-order valence-corrected chi connectivity index (χ3v) is 3.64. The Morgan fingerprint density at radius 2 is 2.17 bits per heavy atom. The summed E-state index contributed by atoms with van der Waals surface area (Å²) in [5.41, 5.74) is 6.65. The molecule has 0 radical (unpaired) electrons. The van der Waals surface area contributed by atoms with Crippen molar-refractivity contribution in [2.45, 2.75) is 13.1 Å². The van der Waals surface area contributed by atoms with Gasteiger partial charge in [-0.05, 0) is 18.5 Å². The van der Waals surface area contributed by atoms with Gasteiger partial charge in [-0.25, -0.2) is 4.98 Å². The van der Waals surface area contributed by atoms with Crippen LogP contribution in [0.25, 0.3) is 11.3 Å². The molecular weight excluding hydrogens is 285 g/mol. The van der Waals surface area contributed by atoms with E-state index >= 15 is 0 Å². The highest BCUT2D eigenvalue weighted by Crippen LogP contribution is 2.37. The molecule has 98 valence electrons. The van der Waals surface area contributed by atoms with Crippen LogP contribution in [-0.4, -0.2) is 22.1 Å². The summed E-state index contributed by atoms with van der Waals surface area (Å²) in [5, 5.41) is 5.15. The minimum absolute atomic E-state index is 0.190. The second-order valence-corrected chi connectivity index (χ2v) is 5.33. The van der Waals surface area contributed by atoms with Crippen LogP contribution in [0.2, 0.25) is 0 Å². The highest BCUT2D eigenvalue weighted by molar-refractivity contribution is 7.11. The largest absolute Gasteiger partial charge is 0.405 e. The average Bonchev–Trinajstić information content (AvgIpc) is 2.81. The molecule has 0 bridgehead atoms. The Hall–Kier alpha value is -1.35. The van der Waals surface area contributed by atoms with Crippen molar-refractivity contribution in [3.63, 3.8) is 0 Å². The molecule has 2 aromatic rings. The fourth-order valence-electron chi connectivity index (χ4n) is 1.33. The van der Waals surface area contributed by atoms with Crippen molar-refractivity contribution in [2.75, 3.05) is 17.6 Å². The van der Waals surface area contributed by atoms with Crippen LogP contribution in [0, 0.1) is 6.92 Å². The van der Waals surface area contributed by atoms with Crippen molar-refractivity contribution in [3.05, 3.63) is 10.4 Å². The van der Waals surface area contributed by atoms with E-state index in [4.69, 9.17) is 5.73 Å². The van der Waals surface area contributed by atoms with Crippen molar-refractivity contribution >= 4 is 33.7 Å². The average molecular weight is 294 g/mol. The van der Waals surface area contributed by atoms with Crippen LogP contribution in [0.4, 0.5) is 24.0 Å². The molecule has 0 aromatic carbocycles. The van der Waals surface area contributed by atoms with Crippen LogP contribution in [-0.2, 0) is 0 Å². The highest BCUT2D eigenvalue weighted by Gasteiger charge is 2.28. The van der Waals surface area contributed by atoms with Crippen LogP contribution in [0.15, 0.2) is 5.38 Å². The number of thiazole rings is 1. The lowest BCUT2D eigenvalue weighted by atomic mass is 10.2. The molecule has 0 amide bonds. The summed E-state index contributed by atoms with van der Waals surface area (Å²) in [4.78, 5) is 4.20. The van der Waals surface area contributed by atoms with Gasteiger partial charge in [-0.3, -0.25) is 0 Å². The van der Waals surface area contributed by atoms with Crippen molar-refractivity contribution < 1.29 is 13.2 Å². The quantitative estimate of drug-likeness (QED) is 0.913. The number of nitrogens with one attached hydrogen (secondary N) is 1. The van der Waals surface area contributed by atoms with Gasteiger partial charge in [0, 0.05) is 5.38 Å². The van der Waals surface area contributed by atoms with E-state index < -0.39 is 12.7 Å². The molecule has 0 atom stereocenters. The van der Waals surface area contributed by atoms with E-state index in [1.54, 1.807) is 5.38 Å². The van der Waals surface area contributed by atoms with E-state index in [1.807, 2.05) is 6.92 Å². The third kappa shape index (κ3) is 2.91. The third-order valence-electron chi connectivity index (χ3n) is 2.04. The molecule has 0 spiro atoms. The van der Waals surface area contributed by atoms with Gasteiger partial charge >= 0.3 is 6.18 Å². The zero-order valence-electron chi connectivity index (χ0n) is 9.21. The number of alkyl halides is 3. The summed E-state index contributed by atoms with van der Waals surface area (Å²) in [6, 6.07) is 0. The predicted octanol–water partition coefficient (Wildman–Crippen LogP) is 3.13. The minimum Gasteiger partial charge on any atom is -0.382 e. The lowest BCUT2D eigenvalue weighted by Gasteiger charge is -2.08. The van der Waals surface area contributed by atoms with Gasteiger partial charge in [0.15, 0.2) is 0 Å². The first kappa shape index (κ1) is 13.1. The van der Waals surface area contributed by atoms with E-state index in [9.17, 15) is 13.2 Å². The van der Waals surface area contributed by atoms with E-state index in [2.05, 4.69) is 14.7 Å². The Kier molecular flexibility index (Phi) is 3.44. The topological polar surface area (TPSA) is 63.8 Å². The van der Waals surface area contributed by atoms with Crippen LogP contribution in [0.1, 0.15) is 5.01 Å². The number of aromatic nitrogens is 2. The second kappa shape index (κ2) is 4.73. The number of nitrogens with zero attached hydrogens (tertiary/aromatic N) is 2. The van der Waals surface area contributed by atoms with Gasteiger partial charge in [-0.15, -0.1) is 11.3 Å². The molecule has 2 aromatic heterocycles. The minimum atomic E-state index is -4.28. The van der Waals surface area contributed by atoms with Crippen LogP contribution < -0.4 is 11.1 Å². The maximum atomic E-state index is 12.2. The number of rotatable bonds is 3. The summed E-state index contributed by atoms with van der Waals surface area (Å²) in [5.74, 6) is 0.190. The van der Waals surface area contributed by atoms with Gasteiger partial charge in [0.1, 0.15) is 17.4 Å². The maximum Gasteiger partial charge on any atom is 0.405 e. The number of nitrogen functional groups attached to an aromatic ring is 1. The van der Waals surface area contributed by atoms with E-state index in [1.165, 1.54) is 11.3 Å². The van der Waals surface area contributed by atoms with Gasteiger partial charge in [0.25, 0.3) is 0 Å². The second-order valence-electron chi connectivity index (χ2n) is 3.49. The zero-order valence-corrected chi connectivity index (χ0v) is 10.8. The summed E-state index contributed by atoms with van der Waals surface area (Å²) in [7, 11) is 0. The summed E-state index contributed by atoms with van der Waals surface area (Å²) in [6.45, 7) is 0.692. The Morgan fingerprint density at radius 1 is 1.44 bits per heavy atom. The standard InChI is InChI=1S/C9H9F3N4S2/c1-4-15-5(2-17-4)6-7(13)16-18-8(6)14-3-9(10,11)12/h2,14H,3H2,1H3,(H2,13,16). The molecule has 0 aliphatic rings. The Bertz CT molecular complexity index is 546. The summed E-state index contributed by atoms with van der Waals surface area (Å²) < 4.78 is 40.3. The fraction of sp³-hybridized carbons (Fsp3) is 0.333. The lowest BCUT2D eigenvalue weighted by molar-refractivity contribution is -0.115. The molecule has 18 heavy (non-hydrogen) atoms. The van der Waals surface area contributed by atoms with E-state index in [0.29, 0.717) is 11.3 Å². The highest BCUT2D eigenvalue weighted by atomic mass is 32.1. The summed E-state index contributed by atoms with van der Waals surface area (Å²) in [6.07, 6.45) is -4.28. The number of aryl methyl sites for hydroxylation is 1. The van der Waals surface area contributed by atoms with E-state index in [0.717, 1.165) is 16.5 Å². The Balaban J connectivity index is 2.28. The molecule has 0 saturated heterocycles. The predicted molar refractivity (Wildman–Crippen MR) is 66.9 cm³/mol. The molecule has 0 aliphatic heterocycles. The molecular formula is C9H9F3N4S2. The first-order chi connectivity index (χ1) is 8.37. The lowest BCUT2D eigenvalue weighted by Crippen LogP contribution is -2.21. The van der Waals surface area contributed by atoms with Crippen molar-refractivity contribution in [1.82, 2.24) is 9.36 Å². The molecule has 2 heterocycles. The zero-order chi connectivity index (χ0) is 13.3. The first-order valence-electron chi connectivity index (χ1n) is 4.85. The fourth-order valence-corrected chi connectivity index (χ4v) is 2.65. The summed E-state index contributed by atoms with van der Waals surface area (Å²) >= 11 is 2.30. The molecule has 0 unspecified atom stereocenters. The van der Waals surface area contributed by atoms with Gasteiger partial charge < -0.3 is 11.1 Å². The Morgan fingerprint density at radius 3 is 2.72 bits per heavy atom. The van der Waals surface area contributed by atoms with Crippen LogP contribution in [0.3, 0.4) is 0 Å². The first-order valence-corrected chi connectivity index (χ1v) is 6.50. The number of hydrogen-bond donors (Lipinski definition) is 2. The van der Waals surface area contributed by atoms with Crippen LogP contribution >= 0.6 is 22.9 Å². The van der Waals surface area contributed by atoms with Crippen molar-refractivity contribution in [1.29, 1.82) is 0 Å². The molecule has 2 rings (SSSR count). The number of halogens is 3.